The quantitative estimate of drug-likeness (QED) is 0.0493. The summed E-state index contributed by atoms with van der Waals surface area (Å²) in [6, 6.07) is 12.1. The van der Waals surface area contributed by atoms with E-state index in [1.807, 2.05) is 0 Å². The van der Waals surface area contributed by atoms with Crippen LogP contribution in [-0.4, -0.2) is 118 Å². The fourth-order valence-electron chi connectivity index (χ4n) is 4.98. The van der Waals surface area contributed by atoms with Gasteiger partial charge in [0.15, 0.2) is 11.6 Å². The van der Waals surface area contributed by atoms with Gasteiger partial charge in [-0.15, -0.1) is 0 Å². The maximum Gasteiger partial charge on any atom is 0.421 e. The number of alkyl halides is 6. The van der Waals surface area contributed by atoms with E-state index in [-0.39, 0.29) is 36.4 Å². The smallest absolute Gasteiger partial charge is 0.364 e. The highest BCUT2D eigenvalue weighted by Crippen LogP contribution is 2.35. The number of halogens is 7. The fourth-order valence-corrected chi connectivity index (χ4v) is 6.11. The standard InChI is InChI=1S/C20H21F3N8O3S.C13H10ClF3N4O.C7H12N4O2S.B/c1-24-18(32)12-4-6-13(7-5-12)29-19-28-10-14(20(21,22)23)16(30-19)27-11-15-17(26-9-8-25-15)31(2)35(3,33)34;1-18-11(22)7-2-4-8(5-3-7)20-12-19-6-9(10(14)21-12)13(15,16)17;1-11(14(2,12)13)7-6(5-8)9-3-4-10-7;/h4-10H,11H2,1-3H3,(H,24,32)(H2,27,28,29,30);2-6H,1H3,(H,18,22)(H,19,20,21);3-4H,5,8H2,1-2H3;/i11D2;;1D3,5D2;. The molecule has 72 heavy (non-hydrogen) atoms. The second kappa shape index (κ2) is 25.1. The van der Waals surface area contributed by atoms with Gasteiger partial charge in [0, 0.05) is 110 Å². The van der Waals surface area contributed by atoms with Crippen molar-refractivity contribution >= 4 is 92.6 Å². The molecule has 4 aromatic heterocycles. The molecule has 6 aromatic rings. The number of sulfonamides is 2. The molecule has 0 aliphatic rings. The SMILES string of the molecule is CNC(=O)c1ccc(Nc2ncc(C(F)(F)F)c(Cl)n2)cc1.[2H]C([2H])(N)c1nccnc1N(C([2H])([2H])[2H])S(C)(=O)=O.[2H]C([2H])(Nc1nc(Nc2ccc(C(=O)NC)cc2)ncc1C(F)(F)F)c1nccnc1N(C)S(C)(=O)=O.[B]. The molecule has 0 bridgehead atoms. The van der Waals surface area contributed by atoms with Crippen molar-refractivity contribution in [1.82, 2.24) is 50.5 Å². The largest absolute Gasteiger partial charge is 0.421 e. The van der Waals surface area contributed by atoms with Crippen molar-refractivity contribution in [3.63, 3.8) is 0 Å². The lowest BCUT2D eigenvalue weighted by Crippen LogP contribution is -2.27. The number of rotatable bonds is 14. The zero-order chi connectivity index (χ0) is 59.0. The molecule has 2 aromatic carbocycles. The summed E-state index contributed by atoms with van der Waals surface area (Å²) >= 11 is 5.50. The van der Waals surface area contributed by atoms with Gasteiger partial charge in [0.1, 0.15) is 27.8 Å². The first-order valence-corrected chi connectivity index (χ1v) is 23.2. The van der Waals surface area contributed by atoms with Crippen LogP contribution in [0, 0.1) is 0 Å². The minimum absolute atomic E-state index is 0. The molecular formula is C40H43BClF6N16O6S2. The lowest BCUT2D eigenvalue weighted by molar-refractivity contribution is -0.138. The zero-order valence-electron chi connectivity index (χ0n) is 44.6. The van der Waals surface area contributed by atoms with Crippen molar-refractivity contribution in [3.8, 4) is 0 Å². The summed E-state index contributed by atoms with van der Waals surface area (Å²) in [5, 5.41) is 11.7. The average molecular weight is 1080 g/mol. The zero-order valence-corrected chi connectivity index (χ0v) is 40.0. The maximum absolute atomic E-state index is 13.7. The molecule has 22 nitrogen and oxygen atoms in total. The number of anilines is 7. The van der Waals surface area contributed by atoms with Crippen LogP contribution >= 0.6 is 11.6 Å². The van der Waals surface area contributed by atoms with Crippen LogP contribution in [-0.2, 0) is 45.4 Å². The minimum atomic E-state index is -4.96. The maximum atomic E-state index is 13.7. The van der Waals surface area contributed by atoms with Crippen LogP contribution < -0.4 is 40.9 Å². The van der Waals surface area contributed by atoms with E-state index in [9.17, 15) is 52.8 Å². The van der Waals surface area contributed by atoms with Gasteiger partial charge in [-0.1, -0.05) is 11.6 Å². The van der Waals surface area contributed by atoms with Gasteiger partial charge >= 0.3 is 12.4 Å². The van der Waals surface area contributed by atoms with Crippen LogP contribution in [0.5, 0.6) is 0 Å². The van der Waals surface area contributed by atoms with Crippen LogP contribution in [0.4, 0.5) is 67.1 Å². The molecule has 7 N–H and O–H groups in total. The van der Waals surface area contributed by atoms with Gasteiger partial charge in [-0.05, 0) is 48.5 Å². The van der Waals surface area contributed by atoms with Gasteiger partial charge in [-0.25, -0.2) is 41.8 Å². The first kappa shape index (κ1) is 48.1. The highest BCUT2D eigenvalue weighted by atomic mass is 35.5. The molecule has 0 saturated carbocycles. The summed E-state index contributed by atoms with van der Waals surface area (Å²) in [4.78, 5) is 52.4. The number of carbonyl (C=O) groups excluding carboxylic acids is 2. The lowest BCUT2D eigenvalue weighted by Gasteiger charge is -2.19. The Morgan fingerprint density at radius 3 is 1.50 bits per heavy atom. The van der Waals surface area contributed by atoms with E-state index >= 15 is 0 Å². The Balaban J connectivity index is 0.000000334. The normalized spacial score (nSPS) is 13.3. The highest BCUT2D eigenvalue weighted by molar-refractivity contribution is 7.92. The number of nitrogens with one attached hydrogen (secondary N) is 5. The third-order valence-corrected chi connectivity index (χ3v) is 10.8. The molecule has 6 rings (SSSR count). The predicted octanol–water partition coefficient (Wildman–Crippen LogP) is 4.60. The Morgan fingerprint density at radius 1 is 0.681 bits per heavy atom. The second-order valence-corrected chi connectivity index (χ2v) is 17.7. The van der Waals surface area contributed by atoms with Crippen molar-refractivity contribution in [2.24, 2.45) is 5.73 Å². The number of benzene rings is 2. The van der Waals surface area contributed by atoms with Crippen molar-refractivity contribution < 1.29 is 62.4 Å². The van der Waals surface area contributed by atoms with E-state index in [1.54, 1.807) is 24.3 Å². The highest BCUT2D eigenvalue weighted by Gasteiger charge is 2.36. The predicted molar refractivity (Wildman–Crippen MR) is 257 cm³/mol. The monoisotopic (exact) mass is 1070 g/mol. The molecule has 2 amide bonds. The summed E-state index contributed by atoms with van der Waals surface area (Å²) < 4.78 is 180. The summed E-state index contributed by atoms with van der Waals surface area (Å²) in [6.45, 7) is -8.45. The number of hydrogen-bond donors (Lipinski definition) is 6. The second-order valence-electron chi connectivity index (χ2n) is 13.5. The van der Waals surface area contributed by atoms with Crippen LogP contribution in [0.1, 0.15) is 52.8 Å². The molecule has 32 heteroatoms. The van der Waals surface area contributed by atoms with Gasteiger partial charge in [-0.2, -0.15) is 31.3 Å². The Labute approximate surface area is 425 Å². The molecule has 0 atom stereocenters. The van der Waals surface area contributed by atoms with Crippen LogP contribution in [0.25, 0.3) is 0 Å². The Bertz CT molecular complexity index is 3350. The van der Waals surface area contributed by atoms with E-state index in [0.717, 1.165) is 38.1 Å². The molecule has 0 aliphatic heterocycles. The lowest BCUT2D eigenvalue weighted by atomic mass is 10.2. The summed E-state index contributed by atoms with van der Waals surface area (Å²) in [5.74, 6) is -3.00. The van der Waals surface area contributed by atoms with E-state index < -0.39 is 97.5 Å². The molecule has 0 saturated heterocycles. The van der Waals surface area contributed by atoms with E-state index in [2.05, 4.69) is 66.5 Å². The van der Waals surface area contributed by atoms with Crippen LogP contribution in [0.2, 0.25) is 5.15 Å². The summed E-state index contributed by atoms with van der Waals surface area (Å²) in [6.07, 6.45) is -2.66. The molecule has 383 valence electrons. The van der Waals surface area contributed by atoms with Gasteiger partial charge in [0.25, 0.3) is 11.8 Å². The summed E-state index contributed by atoms with van der Waals surface area (Å²) in [7, 11) is -4.05. The molecule has 4 heterocycles. The number of aromatic nitrogens is 8. The first-order chi connectivity index (χ1) is 35.8. The number of nitrogens with zero attached hydrogens (tertiary/aromatic N) is 10. The van der Waals surface area contributed by atoms with Crippen molar-refractivity contribution in [1.29, 1.82) is 0 Å². The van der Waals surface area contributed by atoms with Gasteiger partial charge < -0.3 is 32.3 Å². The molecule has 0 fully saturated rings. The Kier molecular flexibility index (Phi) is 16.7. The van der Waals surface area contributed by atoms with Crippen molar-refractivity contribution in [3.05, 3.63) is 125 Å². The van der Waals surface area contributed by atoms with E-state index in [4.69, 9.17) is 26.9 Å². The van der Waals surface area contributed by atoms with Gasteiger partial charge in [0.2, 0.25) is 31.9 Å². The van der Waals surface area contributed by atoms with Crippen LogP contribution in [0.15, 0.2) is 85.7 Å². The minimum Gasteiger partial charge on any atom is -0.364 e. The fraction of sp³-hybridized carbons (Fsp3) is 0.250. The molecule has 0 unspecified atom stereocenters. The number of nitrogens with two attached hydrogens (primary N) is 1. The number of hydrogen-bond acceptors (Lipinski definition) is 18. The first-order valence-electron chi connectivity index (χ1n) is 22.7. The average Bonchev–Trinajstić information content (AvgIpc) is 3.34. The van der Waals surface area contributed by atoms with Gasteiger partial charge in [0.05, 0.1) is 27.4 Å². The summed E-state index contributed by atoms with van der Waals surface area (Å²) in [5.41, 5.74) is 3.20. The molecule has 0 aliphatic carbocycles. The molecule has 3 radical (unpaired) electrons. The van der Waals surface area contributed by atoms with E-state index in [0.29, 0.717) is 45.5 Å². The van der Waals surface area contributed by atoms with Crippen molar-refractivity contribution in [2.75, 3.05) is 65.2 Å². The van der Waals surface area contributed by atoms with Crippen molar-refractivity contribution in [2.45, 2.75) is 25.3 Å². The van der Waals surface area contributed by atoms with Gasteiger partial charge in [-0.3, -0.25) is 28.2 Å². The molecule has 0 spiro atoms. The third-order valence-electron chi connectivity index (χ3n) is 8.52. The topological polar surface area (TPSA) is 298 Å². The number of amides is 2. The Morgan fingerprint density at radius 2 is 1.10 bits per heavy atom. The van der Waals surface area contributed by atoms with E-state index in [1.165, 1.54) is 38.4 Å². The third kappa shape index (κ3) is 16.6. The molecular weight excluding hydrogens is 1020 g/mol. The number of carbonyl (C=O) groups is 2. The van der Waals surface area contributed by atoms with Crippen LogP contribution in [0.3, 0.4) is 0 Å². The Hall–Kier alpha value is -7.51.